The lowest BCUT2D eigenvalue weighted by molar-refractivity contribution is -0.150. The number of alkyl halides is 3. The average molecular weight is 278 g/mol. The van der Waals surface area contributed by atoms with Crippen molar-refractivity contribution in [3.8, 4) is 0 Å². The maximum absolute atomic E-state index is 12.2. The Balaban J connectivity index is 1.88. The topological polar surface area (TPSA) is 32.3 Å². The number of likely N-dealkylation sites (tertiary alicyclic amines) is 1. The van der Waals surface area contributed by atoms with E-state index in [4.69, 9.17) is 0 Å². The second-order valence-electron chi connectivity index (χ2n) is 5.50. The standard InChI is InChI=1S/C13H21F3N2O/c14-13(15,16)6-3-12(19)18-9-1-2-11(18)10-4-7-17-8-5-10/h10-11,17H,1-9H2. The van der Waals surface area contributed by atoms with Crippen molar-refractivity contribution < 1.29 is 18.0 Å². The predicted octanol–water partition coefficient (Wildman–Crippen LogP) is 2.32. The molecule has 0 radical (unpaired) electrons. The predicted molar refractivity (Wildman–Crippen MR) is 65.6 cm³/mol. The molecule has 19 heavy (non-hydrogen) atoms. The van der Waals surface area contributed by atoms with Crippen LogP contribution in [0.25, 0.3) is 0 Å². The molecule has 6 heteroatoms. The van der Waals surface area contributed by atoms with E-state index in [1.807, 2.05) is 0 Å². The van der Waals surface area contributed by atoms with Gasteiger partial charge in [0, 0.05) is 19.0 Å². The van der Waals surface area contributed by atoms with Crippen LogP contribution in [0.3, 0.4) is 0 Å². The molecule has 2 saturated heterocycles. The van der Waals surface area contributed by atoms with Crippen LogP contribution < -0.4 is 5.32 Å². The molecule has 1 N–H and O–H groups in total. The molecular formula is C13H21F3N2O. The maximum atomic E-state index is 12.2. The molecule has 110 valence electrons. The monoisotopic (exact) mass is 278 g/mol. The van der Waals surface area contributed by atoms with E-state index in [2.05, 4.69) is 5.32 Å². The van der Waals surface area contributed by atoms with Gasteiger partial charge in [-0.2, -0.15) is 13.2 Å². The molecule has 0 aromatic heterocycles. The molecule has 1 unspecified atom stereocenters. The first-order valence-corrected chi connectivity index (χ1v) is 7.04. The number of carbonyl (C=O) groups excluding carboxylic acids is 1. The van der Waals surface area contributed by atoms with E-state index in [1.54, 1.807) is 4.90 Å². The number of halogens is 3. The number of rotatable bonds is 3. The number of hydrogen-bond donors (Lipinski definition) is 1. The summed E-state index contributed by atoms with van der Waals surface area (Å²) in [4.78, 5) is 13.7. The molecule has 0 aromatic carbocycles. The summed E-state index contributed by atoms with van der Waals surface area (Å²) in [6.45, 7) is 2.53. The van der Waals surface area contributed by atoms with Crippen molar-refractivity contribution in [2.24, 2.45) is 5.92 Å². The molecule has 0 aromatic rings. The molecule has 0 aliphatic carbocycles. The molecule has 0 spiro atoms. The van der Waals surface area contributed by atoms with E-state index in [-0.39, 0.29) is 11.9 Å². The van der Waals surface area contributed by atoms with Crippen LogP contribution in [0.4, 0.5) is 13.2 Å². The van der Waals surface area contributed by atoms with Crippen LogP contribution in [0.5, 0.6) is 0 Å². The van der Waals surface area contributed by atoms with Crippen LogP contribution in [0.2, 0.25) is 0 Å². The number of amides is 1. The summed E-state index contributed by atoms with van der Waals surface area (Å²) in [6, 6.07) is 0.169. The fraction of sp³-hybridized carbons (Fsp3) is 0.923. The van der Waals surface area contributed by atoms with Gasteiger partial charge in [0.05, 0.1) is 6.42 Å². The second-order valence-corrected chi connectivity index (χ2v) is 5.50. The Hall–Kier alpha value is -0.780. The van der Waals surface area contributed by atoms with Gasteiger partial charge in [-0.15, -0.1) is 0 Å². The van der Waals surface area contributed by atoms with E-state index in [1.165, 1.54) is 0 Å². The van der Waals surface area contributed by atoms with Gasteiger partial charge < -0.3 is 10.2 Å². The molecule has 2 aliphatic rings. The highest BCUT2D eigenvalue weighted by atomic mass is 19.4. The summed E-state index contributed by atoms with van der Waals surface area (Å²) < 4.78 is 36.5. The fourth-order valence-electron chi connectivity index (χ4n) is 3.21. The Labute approximate surface area is 111 Å². The number of nitrogens with zero attached hydrogens (tertiary/aromatic N) is 1. The Morgan fingerprint density at radius 1 is 1.21 bits per heavy atom. The van der Waals surface area contributed by atoms with Crippen LogP contribution in [0, 0.1) is 5.92 Å². The number of hydrogen-bond acceptors (Lipinski definition) is 2. The Morgan fingerprint density at radius 3 is 2.53 bits per heavy atom. The highest BCUT2D eigenvalue weighted by Crippen LogP contribution is 2.31. The minimum Gasteiger partial charge on any atom is -0.339 e. The molecule has 2 heterocycles. The van der Waals surface area contributed by atoms with Gasteiger partial charge in [-0.3, -0.25) is 4.79 Å². The summed E-state index contributed by atoms with van der Waals surface area (Å²) in [7, 11) is 0. The molecule has 0 saturated carbocycles. The normalized spacial score (nSPS) is 25.8. The quantitative estimate of drug-likeness (QED) is 0.859. The molecule has 2 rings (SSSR count). The van der Waals surface area contributed by atoms with Gasteiger partial charge in [-0.25, -0.2) is 0 Å². The summed E-state index contributed by atoms with van der Waals surface area (Å²) in [5, 5.41) is 3.28. The largest absolute Gasteiger partial charge is 0.389 e. The fourth-order valence-corrected chi connectivity index (χ4v) is 3.21. The van der Waals surface area contributed by atoms with Crippen molar-refractivity contribution >= 4 is 5.91 Å². The minimum absolute atomic E-state index is 0.169. The molecule has 1 atom stereocenters. The van der Waals surface area contributed by atoms with Gasteiger partial charge in [0.1, 0.15) is 0 Å². The second kappa shape index (κ2) is 6.11. The lowest BCUT2D eigenvalue weighted by atomic mass is 9.88. The van der Waals surface area contributed by atoms with Crippen molar-refractivity contribution in [1.29, 1.82) is 0 Å². The highest BCUT2D eigenvalue weighted by molar-refractivity contribution is 5.76. The lowest BCUT2D eigenvalue weighted by Gasteiger charge is -2.34. The number of nitrogens with one attached hydrogen (secondary N) is 1. The Bertz CT molecular complexity index is 314. The van der Waals surface area contributed by atoms with Crippen molar-refractivity contribution in [3.05, 3.63) is 0 Å². The first-order chi connectivity index (χ1) is 8.97. The van der Waals surface area contributed by atoms with Crippen molar-refractivity contribution in [3.63, 3.8) is 0 Å². The minimum atomic E-state index is -4.24. The third-order valence-electron chi connectivity index (χ3n) is 4.17. The number of carbonyl (C=O) groups is 1. The summed E-state index contributed by atoms with van der Waals surface area (Å²) >= 11 is 0. The van der Waals surface area contributed by atoms with Crippen molar-refractivity contribution in [2.45, 2.75) is 50.7 Å². The van der Waals surface area contributed by atoms with Crippen LogP contribution >= 0.6 is 0 Å². The van der Waals surface area contributed by atoms with E-state index in [9.17, 15) is 18.0 Å². The Kier molecular flexibility index (Phi) is 4.71. The zero-order valence-electron chi connectivity index (χ0n) is 11.0. The van der Waals surface area contributed by atoms with Crippen LogP contribution in [-0.2, 0) is 4.79 Å². The van der Waals surface area contributed by atoms with E-state index >= 15 is 0 Å². The van der Waals surface area contributed by atoms with Gasteiger partial charge in [0.25, 0.3) is 0 Å². The molecule has 0 bridgehead atoms. The molecule has 3 nitrogen and oxygen atoms in total. The van der Waals surface area contributed by atoms with Gasteiger partial charge in [-0.05, 0) is 44.7 Å². The van der Waals surface area contributed by atoms with Gasteiger partial charge >= 0.3 is 6.18 Å². The molecular weight excluding hydrogens is 257 g/mol. The first-order valence-electron chi connectivity index (χ1n) is 7.04. The number of piperidine rings is 1. The van der Waals surface area contributed by atoms with E-state index in [0.717, 1.165) is 38.8 Å². The van der Waals surface area contributed by atoms with E-state index < -0.39 is 19.0 Å². The zero-order chi connectivity index (χ0) is 13.9. The molecule has 2 fully saturated rings. The third kappa shape index (κ3) is 4.09. The molecule has 1 amide bonds. The average Bonchev–Trinajstić information content (AvgIpc) is 2.85. The highest BCUT2D eigenvalue weighted by Gasteiger charge is 2.36. The molecule has 2 aliphatic heterocycles. The summed E-state index contributed by atoms with van der Waals surface area (Å²) in [6.07, 6.45) is -1.72. The van der Waals surface area contributed by atoms with Gasteiger partial charge in [-0.1, -0.05) is 0 Å². The zero-order valence-corrected chi connectivity index (χ0v) is 11.0. The van der Waals surface area contributed by atoms with E-state index in [0.29, 0.717) is 12.5 Å². The Morgan fingerprint density at radius 2 is 1.89 bits per heavy atom. The van der Waals surface area contributed by atoms with Crippen LogP contribution in [-0.4, -0.2) is 42.7 Å². The summed E-state index contributed by atoms with van der Waals surface area (Å²) in [5.74, 6) is 0.136. The SMILES string of the molecule is O=C(CCC(F)(F)F)N1CCCC1C1CCNCC1. The third-order valence-corrected chi connectivity index (χ3v) is 4.17. The first kappa shape index (κ1) is 14.6. The van der Waals surface area contributed by atoms with Crippen LogP contribution in [0.15, 0.2) is 0 Å². The smallest absolute Gasteiger partial charge is 0.339 e. The maximum Gasteiger partial charge on any atom is 0.389 e. The van der Waals surface area contributed by atoms with Crippen molar-refractivity contribution in [1.82, 2.24) is 10.2 Å². The summed E-state index contributed by atoms with van der Waals surface area (Å²) in [5.41, 5.74) is 0. The van der Waals surface area contributed by atoms with Crippen LogP contribution in [0.1, 0.15) is 38.5 Å². The van der Waals surface area contributed by atoms with Crippen molar-refractivity contribution in [2.75, 3.05) is 19.6 Å². The lowest BCUT2D eigenvalue weighted by Crippen LogP contribution is -2.44. The van der Waals surface area contributed by atoms with Gasteiger partial charge in [0.15, 0.2) is 0 Å². The van der Waals surface area contributed by atoms with Gasteiger partial charge in [0.2, 0.25) is 5.91 Å².